The maximum absolute atomic E-state index is 13.7. The van der Waals surface area contributed by atoms with Gasteiger partial charge in [-0.25, -0.2) is 4.39 Å². The molecule has 0 N–H and O–H groups in total. The summed E-state index contributed by atoms with van der Waals surface area (Å²) in [7, 11) is 1.55. The van der Waals surface area contributed by atoms with Crippen LogP contribution in [0.5, 0.6) is 0 Å². The molecule has 0 unspecified atom stereocenters. The SMILES string of the molecule is CN(Cc1ccccc1F)C(=O)CN1C(=O)[C@H]2CCCC[C@@H]2C1=O. The summed E-state index contributed by atoms with van der Waals surface area (Å²) < 4.78 is 13.7. The van der Waals surface area contributed by atoms with Crippen LogP contribution in [0.2, 0.25) is 0 Å². The zero-order valence-electron chi connectivity index (χ0n) is 13.7. The van der Waals surface area contributed by atoms with Crippen molar-refractivity contribution in [3.8, 4) is 0 Å². The van der Waals surface area contributed by atoms with Crippen molar-refractivity contribution in [3.63, 3.8) is 0 Å². The number of likely N-dealkylation sites (tertiary alicyclic amines) is 1. The Bertz CT molecular complexity index is 652. The first-order valence-corrected chi connectivity index (χ1v) is 8.31. The van der Waals surface area contributed by atoms with Crippen LogP contribution in [0.1, 0.15) is 31.2 Å². The molecule has 0 aromatic heterocycles. The van der Waals surface area contributed by atoms with Gasteiger partial charge in [-0.05, 0) is 18.9 Å². The summed E-state index contributed by atoms with van der Waals surface area (Å²) >= 11 is 0. The molecule has 128 valence electrons. The van der Waals surface area contributed by atoms with Gasteiger partial charge in [-0.15, -0.1) is 0 Å². The third-order valence-corrected chi connectivity index (χ3v) is 5.02. The molecular weight excluding hydrogens is 311 g/mol. The number of likely N-dealkylation sites (N-methyl/N-ethyl adjacent to an activating group) is 1. The minimum atomic E-state index is -0.378. The number of hydrogen-bond donors (Lipinski definition) is 0. The molecule has 2 fully saturated rings. The molecule has 2 aliphatic rings. The van der Waals surface area contributed by atoms with Crippen LogP contribution in [0.3, 0.4) is 0 Å². The summed E-state index contributed by atoms with van der Waals surface area (Å²) in [6.45, 7) is -0.149. The van der Waals surface area contributed by atoms with Crippen LogP contribution >= 0.6 is 0 Å². The summed E-state index contributed by atoms with van der Waals surface area (Å²) in [5, 5.41) is 0. The molecule has 1 heterocycles. The predicted octanol–water partition coefficient (Wildman–Crippen LogP) is 1.96. The summed E-state index contributed by atoms with van der Waals surface area (Å²) in [6.07, 6.45) is 3.36. The fraction of sp³-hybridized carbons (Fsp3) is 0.500. The lowest BCUT2D eigenvalue weighted by molar-refractivity contribution is -0.146. The molecule has 5 nitrogen and oxygen atoms in total. The van der Waals surface area contributed by atoms with Crippen LogP contribution in [0, 0.1) is 17.7 Å². The van der Waals surface area contributed by atoms with Crippen molar-refractivity contribution in [1.82, 2.24) is 9.80 Å². The van der Waals surface area contributed by atoms with E-state index in [1.54, 1.807) is 25.2 Å². The van der Waals surface area contributed by atoms with Crippen LogP contribution in [0.15, 0.2) is 24.3 Å². The zero-order valence-corrected chi connectivity index (χ0v) is 13.7. The van der Waals surface area contributed by atoms with Crippen molar-refractivity contribution >= 4 is 17.7 Å². The van der Waals surface area contributed by atoms with Gasteiger partial charge in [-0.1, -0.05) is 31.0 Å². The highest BCUT2D eigenvalue weighted by molar-refractivity contribution is 6.07. The normalized spacial score (nSPS) is 23.3. The molecule has 1 aliphatic carbocycles. The molecule has 0 bridgehead atoms. The Hall–Kier alpha value is -2.24. The van der Waals surface area contributed by atoms with Gasteiger partial charge in [0.05, 0.1) is 11.8 Å². The number of carbonyl (C=O) groups excluding carboxylic acids is 3. The maximum atomic E-state index is 13.7. The van der Waals surface area contributed by atoms with Crippen molar-refractivity contribution in [3.05, 3.63) is 35.6 Å². The number of fused-ring (bicyclic) bond motifs is 1. The standard InChI is InChI=1S/C18H21FN2O3/c1-20(10-12-6-2-5-9-15(12)19)16(22)11-21-17(23)13-7-3-4-8-14(13)18(21)24/h2,5-6,9,13-14H,3-4,7-8,10-11H2,1H3/t13-,14-/m0/s1. The van der Waals surface area contributed by atoms with Crippen LogP contribution in [-0.2, 0) is 20.9 Å². The van der Waals surface area contributed by atoms with Gasteiger partial charge in [0.15, 0.2) is 0 Å². The average Bonchev–Trinajstić information content (AvgIpc) is 2.82. The Morgan fingerprint density at radius 3 is 2.33 bits per heavy atom. The second-order valence-corrected chi connectivity index (χ2v) is 6.60. The van der Waals surface area contributed by atoms with Crippen molar-refractivity contribution < 1.29 is 18.8 Å². The van der Waals surface area contributed by atoms with Gasteiger partial charge in [0, 0.05) is 19.2 Å². The average molecular weight is 332 g/mol. The van der Waals surface area contributed by atoms with Crippen LogP contribution < -0.4 is 0 Å². The van der Waals surface area contributed by atoms with E-state index in [4.69, 9.17) is 0 Å². The number of carbonyl (C=O) groups is 3. The zero-order chi connectivity index (χ0) is 17.3. The first-order valence-electron chi connectivity index (χ1n) is 8.31. The number of halogens is 1. The Kier molecular flexibility index (Phi) is 4.64. The third kappa shape index (κ3) is 3.05. The summed E-state index contributed by atoms with van der Waals surface area (Å²) in [5.41, 5.74) is 0.404. The number of benzene rings is 1. The molecule has 6 heteroatoms. The molecule has 1 aromatic rings. The third-order valence-electron chi connectivity index (χ3n) is 5.02. The molecule has 0 spiro atoms. The van der Waals surface area contributed by atoms with Gasteiger partial charge >= 0.3 is 0 Å². The predicted molar refractivity (Wildman–Crippen MR) is 85.0 cm³/mol. The molecule has 3 amide bonds. The topological polar surface area (TPSA) is 57.7 Å². The fourth-order valence-corrected chi connectivity index (χ4v) is 3.61. The summed E-state index contributed by atoms with van der Waals surface area (Å²) in [5.74, 6) is -1.70. The molecular formula is C18H21FN2O3. The second-order valence-electron chi connectivity index (χ2n) is 6.60. The number of amides is 3. The monoisotopic (exact) mass is 332 g/mol. The molecule has 3 rings (SSSR count). The summed E-state index contributed by atoms with van der Waals surface area (Å²) in [6, 6.07) is 6.24. The Morgan fingerprint density at radius 1 is 1.17 bits per heavy atom. The van der Waals surface area contributed by atoms with E-state index in [-0.39, 0.29) is 48.5 Å². The Labute approximate surface area is 140 Å². The first kappa shape index (κ1) is 16.6. The highest BCUT2D eigenvalue weighted by atomic mass is 19.1. The lowest BCUT2D eigenvalue weighted by Crippen LogP contribution is -2.41. The Balaban J connectivity index is 1.65. The fourth-order valence-electron chi connectivity index (χ4n) is 3.61. The van der Waals surface area contributed by atoms with Gasteiger partial charge in [0.2, 0.25) is 17.7 Å². The molecule has 1 aliphatic heterocycles. The lowest BCUT2D eigenvalue weighted by Gasteiger charge is -2.21. The highest BCUT2D eigenvalue weighted by Crippen LogP contribution is 2.37. The Morgan fingerprint density at radius 2 is 1.75 bits per heavy atom. The van der Waals surface area contributed by atoms with Crippen LogP contribution in [0.25, 0.3) is 0 Å². The smallest absolute Gasteiger partial charge is 0.242 e. The molecule has 2 atom stereocenters. The van der Waals surface area contributed by atoms with Crippen LogP contribution in [-0.4, -0.2) is 41.1 Å². The minimum Gasteiger partial charge on any atom is -0.340 e. The first-order chi connectivity index (χ1) is 11.5. The van der Waals surface area contributed by atoms with E-state index in [0.29, 0.717) is 5.56 Å². The van der Waals surface area contributed by atoms with Gasteiger partial charge in [-0.2, -0.15) is 0 Å². The minimum absolute atomic E-state index is 0.106. The van der Waals surface area contributed by atoms with E-state index in [9.17, 15) is 18.8 Å². The van der Waals surface area contributed by atoms with Gasteiger partial charge in [-0.3, -0.25) is 19.3 Å². The van der Waals surface area contributed by atoms with Gasteiger partial charge < -0.3 is 4.90 Å². The molecule has 1 saturated carbocycles. The van der Waals surface area contributed by atoms with E-state index in [1.165, 1.54) is 11.0 Å². The molecule has 24 heavy (non-hydrogen) atoms. The molecule has 1 saturated heterocycles. The van der Waals surface area contributed by atoms with Gasteiger partial charge in [0.25, 0.3) is 0 Å². The molecule has 1 aromatic carbocycles. The lowest BCUT2D eigenvalue weighted by atomic mass is 9.81. The summed E-state index contributed by atoms with van der Waals surface area (Å²) in [4.78, 5) is 39.6. The number of hydrogen-bond acceptors (Lipinski definition) is 3. The van der Waals surface area contributed by atoms with Crippen molar-refractivity contribution in [2.24, 2.45) is 11.8 Å². The van der Waals surface area contributed by atoms with Crippen molar-refractivity contribution in [2.75, 3.05) is 13.6 Å². The number of nitrogens with zero attached hydrogens (tertiary/aromatic N) is 2. The quantitative estimate of drug-likeness (QED) is 0.792. The van der Waals surface area contributed by atoms with E-state index >= 15 is 0 Å². The number of rotatable bonds is 4. The van der Waals surface area contributed by atoms with Crippen LogP contribution in [0.4, 0.5) is 4.39 Å². The molecule has 0 radical (unpaired) electrons. The van der Waals surface area contributed by atoms with Crippen molar-refractivity contribution in [1.29, 1.82) is 0 Å². The maximum Gasteiger partial charge on any atom is 0.242 e. The highest BCUT2D eigenvalue weighted by Gasteiger charge is 2.48. The van der Waals surface area contributed by atoms with E-state index in [1.807, 2.05) is 0 Å². The number of imide groups is 1. The van der Waals surface area contributed by atoms with Gasteiger partial charge in [0.1, 0.15) is 12.4 Å². The second kappa shape index (κ2) is 6.71. The largest absolute Gasteiger partial charge is 0.340 e. The van der Waals surface area contributed by atoms with Crippen molar-refractivity contribution in [2.45, 2.75) is 32.2 Å². The van der Waals surface area contributed by atoms with E-state index < -0.39 is 0 Å². The van der Waals surface area contributed by atoms with E-state index in [2.05, 4.69) is 0 Å². The van der Waals surface area contributed by atoms with E-state index in [0.717, 1.165) is 30.6 Å².